The van der Waals surface area contributed by atoms with Crippen LogP contribution in [0.5, 0.6) is 5.75 Å². The SMILES string of the molecule is O=c1cc(CO)oc([C@H](Nc2cccc[nH+]2)c2cccc(Cl)c2)c1O. The predicted molar refractivity (Wildman–Crippen MR) is 92.5 cm³/mol. The first-order chi connectivity index (χ1) is 12.1. The van der Waals surface area contributed by atoms with E-state index in [0.717, 1.165) is 6.07 Å². The fourth-order valence-electron chi connectivity index (χ4n) is 2.45. The quantitative estimate of drug-likeness (QED) is 0.650. The van der Waals surface area contributed by atoms with E-state index in [1.54, 1.807) is 36.5 Å². The molecule has 2 aromatic heterocycles. The molecule has 3 aromatic rings. The van der Waals surface area contributed by atoms with Crippen LogP contribution in [0.3, 0.4) is 0 Å². The Kier molecular flexibility index (Phi) is 5.02. The fraction of sp³-hybridized carbons (Fsp3) is 0.111. The Balaban J connectivity index is 2.14. The molecule has 25 heavy (non-hydrogen) atoms. The van der Waals surface area contributed by atoms with Crippen molar-refractivity contribution >= 4 is 17.4 Å². The second-order valence-corrected chi connectivity index (χ2v) is 5.79. The third kappa shape index (κ3) is 3.81. The molecule has 4 N–H and O–H groups in total. The van der Waals surface area contributed by atoms with Gasteiger partial charge in [-0.2, -0.15) is 0 Å². The molecule has 0 aliphatic rings. The molecule has 1 aromatic carbocycles. The van der Waals surface area contributed by atoms with Gasteiger partial charge in [-0.1, -0.05) is 29.8 Å². The van der Waals surface area contributed by atoms with Gasteiger partial charge in [0, 0.05) is 22.7 Å². The van der Waals surface area contributed by atoms with Crippen LogP contribution in [0.1, 0.15) is 23.1 Å². The van der Waals surface area contributed by atoms with Gasteiger partial charge in [-0.3, -0.25) is 10.1 Å². The highest BCUT2D eigenvalue weighted by atomic mass is 35.5. The van der Waals surface area contributed by atoms with Crippen LogP contribution >= 0.6 is 11.6 Å². The van der Waals surface area contributed by atoms with Crippen molar-refractivity contribution in [3.8, 4) is 5.75 Å². The van der Waals surface area contributed by atoms with Crippen LogP contribution in [0.4, 0.5) is 5.82 Å². The third-order valence-corrected chi connectivity index (χ3v) is 3.84. The lowest BCUT2D eigenvalue weighted by atomic mass is 10.0. The summed E-state index contributed by atoms with van der Waals surface area (Å²) in [5.41, 5.74) is 0.0504. The number of benzene rings is 1. The molecule has 128 valence electrons. The number of hydrogen-bond donors (Lipinski definition) is 3. The van der Waals surface area contributed by atoms with E-state index < -0.39 is 23.8 Å². The lowest BCUT2D eigenvalue weighted by Crippen LogP contribution is -2.20. The largest absolute Gasteiger partial charge is 0.502 e. The van der Waals surface area contributed by atoms with Crippen molar-refractivity contribution in [1.29, 1.82) is 0 Å². The summed E-state index contributed by atoms with van der Waals surface area (Å²) in [5, 5.41) is 23.2. The molecule has 0 fully saturated rings. The summed E-state index contributed by atoms with van der Waals surface area (Å²) in [5.74, 6) is 0.175. The van der Waals surface area contributed by atoms with E-state index in [1.165, 1.54) is 0 Å². The molecule has 0 spiro atoms. The minimum Gasteiger partial charge on any atom is -0.502 e. The zero-order valence-electron chi connectivity index (χ0n) is 13.1. The lowest BCUT2D eigenvalue weighted by Gasteiger charge is -2.16. The van der Waals surface area contributed by atoms with E-state index in [4.69, 9.17) is 16.0 Å². The molecule has 0 saturated heterocycles. The monoisotopic (exact) mass is 359 g/mol. The zero-order valence-corrected chi connectivity index (χ0v) is 13.8. The van der Waals surface area contributed by atoms with Crippen LogP contribution in [-0.2, 0) is 6.61 Å². The molecule has 3 rings (SSSR count). The Morgan fingerprint density at radius 3 is 2.72 bits per heavy atom. The minimum absolute atomic E-state index is 0.00364. The summed E-state index contributed by atoms with van der Waals surface area (Å²) in [6, 6.07) is 12.8. The maximum Gasteiger partial charge on any atom is 0.273 e. The Morgan fingerprint density at radius 1 is 1.20 bits per heavy atom. The van der Waals surface area contributed by atoms with Gasteiger partial charge in [0.05, 0.1) is 6.20 Å². The first-order valence-corrected chi connectivity index (χ1v) is 7.91. The van der Waals surface area contributed by atoms with Gasteiger partial charge in [-0.25, -0.2) is 4.98 Å². The number of anilines is 1. The predicted octanol–water partition coefficient (Wildman–Crippen LogP) is 2.51. The number of nitrogens with one attached hydrogen (secondary N) is 2. The van der Waals surface area contributed by atoms with Gasteiger partial charge in [0.2, 0.25) is 11.2 Å². The van der Waals surface area contributed by atoms with E-state index in [1.807, 2.05) is 12.1 Å². The topological polar surface area (TPSA) is 96.8 Å². The first kappa shape index (κ1) is 17.0. The maximum atomic E-state index is 12.0. The second-order valence-electron chi connectivity index (χ2n) is 5.36. The lowest BCUT2D eigenvalue weighted by molar-refractivity contribution is -0.361. The third-order valence-electron chi connectivity index (χ3n) is 3.61. The number of halogens is 1. The standard InChI is InChI=1S/C18H15ClN2O4/c19-12-5-3-4-11(8-12)16(21-15-6-1-2-7-20-15)18-17(24)14(23)9-13(10-22)25-18/h1-9,16,22,24H,10H2,(H,20,21)/p+1/t16-/m1/s1. The van der Waals surface area contributed by atoms with Crippen molar-refractivity contribution in [3.63, 3.8) is 0 Å². The number of rotatable bonds is 5. The molecule has 7 heteroatoms. The molecule has 0 radical (unpaired) electrons. The van der Waals surface area contributed by atoms with E-state index in [9.17, 15) is 15.0 Å². The van der Waals surface area contributed by atoms with Crippen molar-refractivity contribution in [1.82, 2.24) is 0 Å². The highest BCUT2D eigenvalue weighted by Gasteiger charge is 2.27. The van der Waals surface area contributed by atoms with Gasteiger partial charge < -0.3 is 14.6 Å². The number of aromatic amines is 1. The molecule has 0 aliphatic carbocycles. The van der Waals surface area contributed by atoms with Gasteiger partial charge in [0.1, 0.15) is 12.4 Å². The molecule has 0 unspecified atom stereocenters. The zero-order chi connectivity index (χ0) is 17.8. The normalized spacial score (nSPS) is 11.9. The number of H-pyrrole nitrogens is 1. The van der Waals surface area contributed by atoms with Crippen molar-refractivity contribution in [2.75, 3.05) is 5.32 Å². The Hall–Kier alpha value is -2.83. The van der Waals surface area contributed by atoms with Crippen LogP contribution in [0.15, 0.2) is 63.9 Å². The second kappa shape index (κ2) is 7.38. The summed E-state index contributed by atoms with van der Waals surface area (Å²) >= 11 is 6.08. The summed E-state index contributed by atoms with van der Waals surface area (Å²) in [4.78, 5) is 15.0. The van der Waals surface area contributed by atoms with E-state index in [0.29, 0.717) is 16.4 Å². The van der Waals surface area contributed by atoms with Gasteiger partial charge in [0.25, 0.3) is 5.82 Å². The molecule has 1 atom stereocenters. The van der Waals surface area contributed by atoms with Crippen molar-refractivity contribution < 1.29 is 19.6 Å². The number of aliphatic hydroxyl groups is 1. The smallest absolute Gasteiger partial charge is 0.273 e. The Morgan fingerprint density at radius 2 is 2.04 bits per heavy atom. The highest BCUT2D eigenvalue weighted by molar-refractivity contribution is 6.30. The van der Waals surface area contributed by atoms with E-state index in [-0.39, 0.29) is 11.5 Å². The van der Waals surface area contributed by atoms with Crippen LogP contribution in [0.2, 0.25) is 5.02 Å². The van der Waals surface area contributed by atoms with E-state index >= 15 is 0 Å². The molecule has 0 amide bonds. The molecular weight excluding hydrogens is 344 g/mol. The van der Waals surface area contributed by atoms with Gasteiger partial charge >= 0.3 is 0 Å². The van der Waals surface area contributed by atoms with Crippen LogP contribution in [0, 0.1) is 0 Å². The van der Waals surface area contributed by atoms with Crippen molar-refractivity contribution in [2.45, 2.75) is 12.6 Å². The molecule has 2 heterocycles. The Labute approximate surface area is 148 Å². The van der Waals surface area contributed by atoms with Crippen LogP contribution in [0.25, 0.3) is 0 Å². The number of aromatic hydroxyl groups is 1. The minimum atomic E-state index is -0.698. The average molecular weight is 360 g/mol. The number of aromatic nitrogens is 1. The highest BCUT2D eigenvalue weighted by Crippen LogP contribution is 2.31. The maximum absolute atomic E-state index is 12.0. The number of aliphatic hydroxyl groups excluding tert-OH is 1. The number of hydrogen-bond acceptors (Lipinski definition) is 5. The summed E-state index contributed by atoms with van der Waals surface area (Å²) < 4.78 is 5.55. The molecule has 0 bridgehead atoms. The summed E-state index contributed by atoms with van der Waals surface area (Å²) in [6.07, 6.45) is 1.73. The summed E-state index contributed by atoms with van der Waals surface area (Å²) in [7, 11) is 0. The van der Waals surface area contributed by atoms with Gasteiger partial charge in [-0.05, 0) is 18.2 Å². The fourth-order valence-corrected chi connectivity index (χ4v) is 2.65. The first-order valence-electron chi connectivity index (χ1n) is 7.54. The molecule has 0 saturated carbocycles. The molecular formula is C18H16ClN2O4+. The van der Waals surface area contributed by atoms with E-state index in [2.05, 4.69) is 10.3 Å². The van der Waals surface area contributed by atoms with Gasteiger partial charge in [-0.15, -0.1) is 0 Å². The number of pyridine rings is 1. The summed E-state index contributed by atoms with van der Waals surface area (Å²) in [6.45, 7) is -0.456. The van der Waals surface area contributed by atoms with Crippen LogP contribution in [-0.4, -0.2) is 10.2 Å². The average Bonchev–Trinajstić information content (AvgIpc) is 2.63. The van der Waals surface area contributed by atoms with Crippen LogP contribution < -0.4 is 15.7 Å². The molecule has 0 aliphatic heterocycles. The molecule has 6 nitrogen and oxygen atoms in total. The van der Waals surface area contributed by atoms with Gasteiger partial charge in [0.15, 0.2) is 11.8 Å². The van der Waals surface area contributed by atoms with Crippen molar-refractivity contribution in [2.24, 2.45) is 0 Å². The van der Waals surface area contributed by atoms with Crippen molar-refractivity contribution in [3.05, 3.63) is 87.1 Å². The Bertz CT molecular complexity index is 928.